The van der Waals surface area contributed by atoms with Crippen LogP contribution < -0.4 is 0 Å². The number of nitrogens with zero attached hydrogens (tertiary/aromatic N) is 1. The number of hydrogen-bond donors (Lipinski definition) is 2. The zero-order valence-corrected chi connectivity index (χ0v) is 21.4. The lowest BCUT2D eigenvalue weighted by Gasteiger charge is -2.56. The number of aryl methyl sites for hydroxylation is 1. The van der Waals surface area contributed by atoms with Gasteiger partial charge in [0, 0.05) is 29.1 Å². The maximum absolute atomic E-state index is 13.7. The van der Waals surface area contributed by atoms with E-state index in [1.165, 1.54) is 43.9 Å². The van der Waals surface area contributed by atoms with E-state index in [1.807, 2.05) is 35.2 Å². The fraction of sp³-hybridized carbons (Fsp3) is 0.481. The van der Waals surface area contributed by atoms with Crippen LogP contribution in [0.4, 0.5) is 0 Å². The van der Waals surface area contributed by atoms with Gasteiger partial charge in [-0.3, -0.25) is 9.69 Å². The highest BCUT2D eigenvalue weighted by molar-refractivity contribution is 8.26. The molecule has 178 valence electrons. The number of amides is 1. The number of halogens is 1. The van der Waals surface area contributed by atoms with E-state index >= 15 is 0 Å². The number of thioether (sulfide) groups is 1. The van der Waals surface area contributed by atoms with Crippen LogP contribution in [0.25, 0.3) is 17.3 Å². The normalized spacial score (nSPS) is 31.3. The number of carbonyl (C=O) groups is 1. The summed E-state index contributed by atoms with van der Waals surface area (Å²) < 4.78 is 0.718. The van der Waals surface area contributed by atoms with Gasteiger partial charge in [-0.2, -0.15) is 0 Å². The highest BCUT2D eigenvalue weighted by atomic mass is 35.5. The van der Waals surface area contributed by atoms with Crippen molar-refractivity contribution < 1.29 is 9.90 Å². The first-order valence-corrected chi connectivity index (χ1v) is 14.0. The molecule has 1 aromatic carbocycles. The first kappa shape index (κ1) is 22.8. The van der Waals surface area contributed by atoms with E-state index in [0.29, 0.717) is 28.2 Å². The second-order valence-corrected chi connectivity index (χ2v) is 12.5. The van der Waals surface area contributed by atoms with Gasteiger partial charge in [0.05, 0.1) is 4.91 Å². The van der Waals surface area contributed by atoms with Crippen molar-refractivity contribution in [3.05, 3.63) is 51.5 Å². The van der Waals surface area contributed by atoms with Crippen LogP contribution in [0.3, 0.4) is 0 Å². The molecule has 4 saturated carbocycles. The largest absolute Gasteiger partial charge is 0.396 e. The van der Waals surface area contributed by atoms with Crippen molar-refractivity contribution in [1.82, 2.24) is 9.88 Å². The van der Waals surface area contributed by atoms with Gasteiger partial charge in [0.1, 0.15) is 4.32 Å². The maximum atomic E-state index is 13.7. The fourth-order valence-corrected chi connectivity index (χ4v) is 8.54. The van der Waals surface area contributed by atoms with Crippen molar-refractivity contribution >= 4 is 51.9 Å². The predicted molar refractivity (Wildman–Crippen MR) is 142 cm³/mol. The molecule has 0 atom stereocenters. The summed E-state index contributed by atoms with van der Waals surface area (Å²) in [5.74, 6) is 3.03. The second kappa shape index (κ2) is 9.12. The van der Waals surface area contributed by atoms with Gasteiger partial charge in [-0.05, 0) is 104 Å². The Kier molecular flexibility index (Phi) is 6.13. The Balaban J connectivity index is 1.30. The number of aliphatic hydroxyl groups is 1. The average Bonchev–Trinajstić information content (AvgIpc) is 3.33. The number of thiocarbonyl (C=S) groups is 1. The van der Waals surface area contributed by atoms with E-state index in [-0.39, 0.29) is 18.6 Å². The van der Waals surface area contributed by atoms with Crippen LogP contribution in [-0.4, -0.2) is 37.9 Å². The van der Waals surface area contributed by atoms with Crippen molar-refractivity contribution in [2.45, 2.75) is 51.0 Å². The SMILES string of the molecule is O=C1/C(=C/c2[nH]c(-c3ccc(Cl)cc3)cc2CCCO)SC(=S)N1C1C2CC3CC(C2)CC1C3. The third kappa shape index (κ3) is 4.06. The van der Waals surface area contributed by atoms with Crippen molar-refractivity contribution in [2.24, 2.45) is 23.7 Å². The average molecular weight is 513 g/mol. The molecule has 5 aliphatic rings. The first-order valence-electron chi connectivity index (χ1n) is 12.4. The quantitative estimate of drug-likeness (QED) is 0.353. The number of aliphatic hydroxyl groups excluding tert-OH is 1. The van der Waals surface area contributed by atoms with Gasteiger partial charge in [-0.15, -0.1) is 0 Å². The molecule has 1 amide bonds. The molecule has 2 heterocycles. The molecule has 7 heteroatoms. The third-order valence-corrected chi connectivity index (χ3v) is 9.85. The smallest absolute Gasteiger partial charge is 0.266 e. The minimum atomic E-state index is 0.0724. The molecule has 7 rings (SSSR count). The monoisotopic (exact) mass is 512 g/mol. The molecular weight excluding hydrogens is 484 g/mol. The maximum Gasteiger partial charge on any atom is 0.266 e. The molecule has 0 radical (unpaired) electrons. The lowest BCUT2D eigenvalue weighted by molar-refractivity contribution is -0.130. The Morgan fingerprint density at radius 2 is 1.79 bits per heavy atom. The zero-order valence-electron chi connectivity index (χ0n) is 19.0. The van der Waals surface area contributed by atoms with E-state index in [1.54, 1.807) is 0 Å². The molecule has 5 fully saturated rings. The fourth-order valence-electron chi connectivity index (χ4n) is 7.09. The summed E-state index contributed by atoms with van der Waals surface area (Å²) in [6.07, 6.45) is 9.84. The lowest BCUT2D eigenvalue weighted by atomic mass is 9.54. The van der Waals surface area contributed by atoms with Gasteiger partial charge in [-0.1, -0.05) is 47.7 Å². The van der Waals surface area contributed by atoms with Crippen molar-refractivity contribution in [1.29, 1.82) is 0 Å². The number of H-pyrrole nitrogens is 1. The highest BCUT2D eigenvalue weighted by Crippen LogP contribution is 2.56. The minimum absolute atomic E-state index is 0.0724. The van der Waals surface area contributed by atoms with E-state index < -0.39 is 0 Å². The summed E-state index contributed by atoms with van der Waals surface area (Å²) in [7, 11) is 0. The topological polar surface area (TPSA) is 56.3 Å². The van der Waals surface area contributed by atoms with Crippen LogP contribution in [0.5, 0.6) is 0 Å². The number of nitrogens with one attached hydrogen (secondary N) is 1. The standard InChI is InChI=1S/C27H29ClN2O2S2/c28-21-5-3-17(4-6-21)22-13-18(2-1-7-31)23(29-22)14-24-26(32)30(27(33)34-24)25-19-9-15-8-16(11-19)12-20(25)10-15/h3-6,13-16,19-20,25,29,31H,1-2,7-12H2/b24-14-. The van der Waals surface area contributed by atoms with Gasteiger partial charge >= 0.3 is 0 Å². The Morgan fingerprint density at radius 3 is 2.44 bits per heavy atom. The lowest BCUT2D eigenvalue weighted by Crippen LogP contribution is -2.57. The molecule has 0 spiro atoms. The number of aromatic nitrogens is 1. The molecule has 4 nitrogen and oxygen atoms in total. The summed E-state index contributed by atoms with van der Waals surface area (Å²) in [4.78, 5) is 19.9. The van der Waals surface area contributed by atoms with Crippen LogP contribution >= 0.6 is 35.6 Å². The van der Waals surface area contributed by atoms with E-state index in [0.717, 1.165) is 45.1 Å². The van der Waals surface area contributed by atoms with Crippen molar-refractivity contribution in [3.63, 3.8) is 0 Å². The predicted octanol–water partition coefficient (Wildman–Crippen LogP) is 6.29. The van der Waals surface area contributed by atoms with Crippen LogP contribution in [0, 0.1) is 23.7 Å². The molecule has 34 heavy (non-hydrogen) atoms. The van der Waals surface area contributed by atoms with Crippen molar-refractivity contribution in [2.75, 3.05) is 6.61 Å². The molecule has 0 unspecified atom stereocenters. The number of hydrogen-bond acceptors (Lipinski definition) is 4. The van der Waals surface area contributed by atoms with E-state index in [9.17, 15) is 9.90 Å². The summed E-state index contributed by atoms with van der Waals surface area (Å²) in [5.41, 5.74) is 4.03. The van der Waals surface area contributed by atoms with Gasteiger partial charge in [0.25, 0.3) is 5.91 Å². The van der Waals surface area contributed by atoms with E-state index in [4.69, 9.17) is 23.8 Å². The molecule has 4 aliphatic carbocycles. The van der Waals surface area contributed by atoms with Crippen LogP contribution in [0.15, 0.2) is 35.2 Å². The molecule has 1 saturated heterocycles. The number of carbonyl (C=O) groups excluding carboxylic acids is 1. The Hall–Kier alpha value is -1.60. The van der Waals surface area contributed by atoms with Gasteiger partial charge in [0.15, 0.2) is 0 Å². The highest BCUT2D eigenvalue weighted by Gasteiger charge is 2.53. The number of aromatic amines is 1. The minimum Gasteiger partial charge on any atom is -0.396 e. The van der Waals surface area contributed by atoms with Gasteiger partial charge < -0.3 is 10.1 Å². The van der Waals surface area contributed by atoms with Gasteiger partial charge in [0.2, 0.25) is 0 Å². The molecule has 2 N–H and O–H groups in total. The number of benzene rings is 1. The molecule has 1 aromatic heterocycles. The van der Waals surface area contributed by atoms with Crippen LogP contribution in [0.1, 0.15) is 49.8 Å². The first-order chi connectivity index (χ1) is 16.5. The summed E-state index contributed by atoms with van der Waals surface area (Å²) in [5, 5.41) is 10.1. The number of rotatable bonds is 6. The Labute approximate surface area is 215 Å². The van der Waals surface area contributed by atoms with Crippen molar-refractivity contribution in [3.8, 4) is 11.3 Å². The Bertz CT molecular complexity index is 1130. The van der Waals surface area contributed by atoms with Gasteiger partial charge in [-0.25, -0.2) is 0 Å². The second-order valence-electron chi connectivity index (χ2n) is 10.4. The molecule has 4 bridgehead atoms. The third-order valence-electron chi connectivity index (χ3n) is 8.27. The molecule has 1 aliphatic heterocycles. The molecule has 2 aromatic rings. The van der Waals surface area contributed by atoms with Crippen LogP contribution in [-0.2, 0) is 11.2 Å². The Morgan fingerprint density at radius 1 is 1.12 bits per heavy atom. The summed E-state index contributed by atoms with van der Waals surface area (Å²) in [6, 6.07) is 10.1. The molecular formula is C27H29ClN2O2S2. The summed E-state index contributed by atoms with van der Waals surface area (Å²) in [6.45, 7) is 0.134. The summed E-state index contributed by atoms with van der Waals surface area (Å²) >= 11 is 13.3. The van der Waals surface area contributed by atoms with E-state index in [2.05, 4.69) is 11.1 Å². The zero-order chi connectivity index (χ0) is 23.4. The van der Waals surface area contributed by atoms with Crippen LogP contribution in [0.2, 0.25) is 5.02 Å².